The number of rotatable bonds is 7. The fourth-order valence-electron chi connectivity index (χ4n) is 2.08. The number of nitrogens with zero attached hydrogens (tertiary/aromatic N) is 1. The van der Waals surface area contributed by atoms with E-state index in [2.05, 4.69) is 15.7 Å². The van der Waals surface area contributed by atoms with Crippen LogP contribution < -0.4 is 16.6 Å². The summed E-state index contributed by atoms with van der Waals surface area (Å²) in [6.07, 6.45) is 1.78. The summed E-state index contributed by atoms with van der Waals surface area (Å²) < 4.78 is 4.96. The fourth-order valence-corrected chi connectivity index (χ4v) is 2.08. The van der Waals surface area contributed by atoms with Crippen molar-refractivity contribution in [3.05, 3.63) is 36.0 Å². The quantitative estimate of drug-likeness (QED) is 0.410. The Morgan fingerprint density at radius 2 is 2.14 bits per heavy atom. The molecule has 112 valence electrons. The third-order valence-corrected chi connectivity index (χ3v) is 3.17. The molecule has 0 bridgehead atoms. The monoisotopic (exact) mass is 288 g/mol. The maximum atomic E-state index is 12.1. The minimum absolute atomic E-state index is 0.199. The number of nitrogens with one attached hydrogen (secondary N) is 2. The van der Waals surface area contributed by atoms with Gasteiger partial charge < -0.3 is 15.5 Å². The molecule has 1 aromatic heterocycles. The lowest BCUT2D eigenvalue weighted by atomic mass is 10.1. The normalized spacial score (nSPS) is 10.6. The predicted octanol–water partition coefficient (Wildman–Crippen LogP) is 1.68. The molecule has 0 aliphatic heterocycles. The number of methoxy groups -OCH3 is 1. The average molecular weight is 288 g/mol. The van der Waals surface area contributed by atoms with E-state index in [1.165, 1.54) is 0 Å². The molecule has 2 aromatic rings. The van der Waals surface area contributed by atoms with Crippen LogP contribution in [0.1, 0.15) is 23.3 Å². The number of nitrogen functional groups attached to an aromatic ring is 1. The van der Waals surface area contributed by atoms with Gasteiger partial charge in [-0.3, -0.25) is 10.6 Å². The molecular formula is C15H20N4O2. The number of hydrazine groups is 1. The van der Waals surface area contributed by atoms with Gasteiger partial charge in [0.2, 0.25) is 0 Å². The summed E-state index contributed by atoms with van der Waals surface area (Å²) in [5.74, 6) is 5.32. The second-order valence-corrected chi connectivity index (χ2v) is 4.67. The zero-order valence-electron chi connectivity index (χ0n) is 12.1. The first kappa shape index (κ1) is 15.2. The van der Waals surface area contributed by atoms with Crippen LogP contribution in [0.25, 0.3) is 10.9 Å². The molecule has 1 amide bonds. The van der Waals surface area contributed by atoms with Crippen LogP contribution >= 0.6 is 0 Å². The van der Waals surface area contributed by atoms with Crippen molar-refractivity contribution in [1.29, 1.82) is 0 Å². The minimum Gasteiger partial charge on any atom is -0.385 e. The van der Waals surface area contributed by atoms with Gasteiger partial charge in [0.15, 0.2) is 0 Å². The highest BCUT2D eigenvalue weighted by molar-refractivity contribution is 5.99. The van der Waals surface area contributed by atoms with E-state index in [4.69, 9.17) is 10.6 Å². The Balaban J connectivity index is 2.09. The molecule has 1 aromatic carbocycles. The Morgan fingerprint density at radius 1 is 1.33 bits per heavy atom. The van der Waals surface area contributed by atoms with Crippen LogP contribution in [0.5, 0.6) is 0 Å². The molecule has 2 rings (SSSR count). The molecule has 1 heterocycles. The lowest BCUT2D eigenvalue weighted by Crippen LogP contribution is -2.26. The zero-order chi connectivity index (χ0) is 15.1. The molecule has 0 aliphatic carbocycles. The second kappa shape index (κ2) is 7.56. The average Bonchev–Trinajstić information content (AvgIpc) is 2.53. The van der Waals surface area contributed by atoms with Crippen molar-refractivity contribution >= 4 is 22.5 Å². The number of unbranched alkanes of at least 4 members (excludes halogenated alkanes) is 1. The Kier molecular flexibility index (Phi) is 5.48. The molecule has 4 N–H and O–H groups in total. The van der Waals surface area contributed by atoms with Crippen molar-refractivity contribution in [3.63, 3.8) is 0 Å². The highest BCUT2D eigenvalue weighted by Gasteiger charge is 2.11. The molecule has 0 saturated carbocycles. The van der Waals surface area contributed by atoms with E-state index in [0.717, 1.165) is 23.7 Å². The number of carbonyl (C=O) groups is 1. The first-order valence-electron chi connectivity index (χ1n) is 6.90. The topological polar surface area (TPSA) is 89.3 Å². The number of hydrogen-bond donors (Lipinski definition) is 3. The van der Waals surface area contributed by atoms with Crippen LogP contribution in [0.3, 0.4) is 0 Å². The van der Waals surface area contributed by atoms with Crippen LogP contribution in [0.15, 0.2) is 30.3 Å². The Labute approximate surface area is 123 Å². The van der Waals surface area contributed by atoms with Gasteiger partial charge in [-0.1, -0.05) is 18.2 Å². The molecular weight excluding hydrogens is 268 g/mol. The highest BCUT2D eigenvalue weighted by atomic mass is 16.5. The fraction of sp³-hybridized carbons (Fsp3) is 0.333. The first-order valence-corrected chi connectivity index (χ1v) is 6.90. The van der Waals surface area contributed by atoms with Gasteiger partial charge in [-0.15, -0.1) is 0 Å². The van der Waals surface area contributed by atoms with Gasteiger partial charge in [0.05, 0.1) is 11.2 Å². The number of anilines is 1. The molecule has 0 saturated heterocycles. The van der Waals surface area contributed by atoms with Crippen molar-refractivity contribution in [3.8, 4) is 0 Å². The number of fused-ring (bicyclic) bond motifs is 1. The van der Waals surface area contributed by atoms with Gasteiger partial charge in [0.1, 0.15) is 5.69 Å². The van der Waals surface area contributed by atoms with E-state index < -0.39 is 0 Å². The summed E-state index contributed by atoms with van der Waals surface area (Å²) in [6, 6.07) is 9.20. The summed E-state index contributed by atoms with van der Waals surface area (Å²) in [4.78, 5) is 16.5. The van der Waals surface area contributed by atoms with Gasteiger partial charge in [-0.25, -0.2) is 4.98 Å². The number of amides is 1. The Morgan fingerprint density at radius 3 is 2.90 bits per heavy atom. The maximum absolute atomic E-state index is 12.1. The number of aromatic nitrogens is 1. The van der Waals surface area contributed by atoms with Gasteiger partial charge in [-0.05, 0) is 25.0 Å². The molecule has 6 nitrogen and oxygen atoms in total. The van der Waals surface area contributed by atoms with E-state index in [1.54, 1.807) is 13.2 Å². The van der Waals surface area contributed by atoms with E-state index in [0.29, 0.717) is 24.5 Å². The third-order valence-electron chi connectivity index (χ3n) is 3.17. The number of para-hydroxylation sites is 1. The summed E-state index contributed by atoms with van der Waals surface area (Å²) >= 11 is 0. The lowest BCUT2D eigenvalue weighted by Gasteiger charge is -2.09. The zero-order valence-corrected chi connectivity index (χ0v) is 12.1. The summed E-state index contributed by atoms with van der Waals surface area (Å²) in [5, 5.41) is 3.73. The number of benzene rings is 1. The van der Waals surface area contributed by atoms with Crippen LogP contribution in [0.4, 0.5) is 5.69 Å². The number of nitrogens with two attached hydrogens (primary N) is 1. The van der Waals surface area contributed by atoms with Crippen molar-refractivity contribution in [2.24, 2.45) is 5.84 Å². The number of hydrogen-bond acceptors (Lipinski definition) is 5. The van der Waals surface area contributed by atoms with E-state index in [9.17, 15) is 4.79 Å². The van der Waals surface area contributed by atoms with Crippen molar-refractivity contribution < 1.29 is 9.53 Å². The smallest absolute Gasteiger partial charge is 0.269 e. The molecule has 6 heteroatoms. The highest BCUT2D eigenvalue weighted by Crippen LogP contribution is 2.22. The van der Waals surface area contributed by atoms with Crippen molar-refractivity contribution in [2.45, 2.75) is 12.8 Å². The predicted molar refractivity (Wildman–Crippen MR) is 83.0 cm³/mol. The second-order valence-electron chi connectivity index (χ2n) is 4.67. The molecule has 0 spiro atoms. The van der Waals surface area contributed by atoms with Crippen LogP contribution in [-0.4, -0.2) is 31.2 Å². The first-order chi connectivity index (χ1) is 10.3. The van der Waals surface area contributed by atoms with Crippen LogP contribution in [-0.2, 0) is 4.74 Å². The maximum Gasteiger partial charge on any atom is 0.269 e. The van der Waals surface area contributed by atoms with Gasteiger partial charge in [0.25, 0.3) is 5.91 Å². The largest absolute Gasteiger partial charge is 0.385 e. The number of pyridine rings is 1. The van der Waals surface area contributed by atoms with E-state index in [1.807, 2.05) is 24.3 Å². The molecule has 0 aliphatic rings. The van der Waals surface area contributed by atoms with Gasteiger partial charge >= 0.3 is 0 Å². The van der Waals surface area contributed by atoms with Crippen molar-refractivity contribution in [1.82, 2.24) is 10.3 Å². The Bertz CT molecular complexity index is 616. The SMILES string of the molecule is COCCCCNC(=O)c1cc(NN)c2ccccc2n1. The van der Waals surface area contributed by atoms with Gasteiger partial charge in [0, 0.05) is 25.6 Å². The molecule has 0 atom stereocenters. The standard InChI is InChI=1S/C15H20N4O2/c1-21-9-5-4-8-17-15(20)14-10-13(19-16)11-6-2-3-7-12(11)18-14/h2-3,6-7,10H,4-5,8-9,16H2,1H3,(H,17,20)(H,18,19). The molecule has 21 heavy (non-hydrogen) atoms. The summed E-state index contributed by atoms with van der Waals surface area (Å²) in [5.41, 5.74) is 4.39. The van der Waals surface area contributed by atoms with Crippen molar-refractivity contribution in [2.75, 3.05) is 25.7 Å². The molecule has 0 unspecified atom stereocenters. The Hall–Kier alpha value is -2.18. The minimum atomic E-state index is -0.199. The van der Waals surface area contributed by atoms with E-state index in [-0.39, 0.29) is 5.91 Å². The number of carbonyl (C=O) groups excluding carboxylic acids is 1. The molecule has 0 radical (unpaired) electrons. The van der Waals surface area contributed by atoms with E-state index >= 15 is 0 Å². The third kappa shape index (κ3) is 3.90. The summed E-state index contributed by atoms with van der Waals surface area (Å²) in [7, 11) is 1.67. The number of ether oxygens (including phenoxy) is 1. The molecule has 0 fully saturated rings. The van der Waals surface area contributed by atoms with Crippen LogP contribution in [0, 0.1) is 0 Å². The van der Waals surface area contributed by atoms with Crippen LogP contribution in [0.2, 0.25) is 0 Å². The van der Waals surface area contributed by atoms with Gasteiger partial charge in [-0.2, -0.15) is 0 Å². The lowest BCUT2D eigenvalue weighted by molar-refractivity contribution is 0.0947. The summed E-state index contributed by atoms with van der Waals surface area (Å²) in [6.45, 7) is 1.30.